The van der Waals surface area contributed by atoms with Gasteiger partial charge >= 0.3 is 0 Å². The summed E-state index contributed by atoms with van der Waals surface area (Å²) >= 11 is 0. The molecule has 4 heterocycles. The van der Waals surface area contributed by atoms with Crippen molar-refractivity contribution in [3.63, 3.8) is 0 Å². The lowest BCUT2D eigenvalue weighted by Gasteiger charge is -2.31. The Morgan fingerprint density at radius 3 is 2.82 bits per heavy atom. The van der Waals surface area contributed by atoms with Crippen LogP contribution in [0.4, 0.5) is 5.82 Å². The number of aromatic nitrogens is 3. The van der Waals surface area contributed by atoms with Gasteiger partial charge in [0.25, 0.3) is 5.91 Å². The van der Waals surface area contributed by atoms with Crippen molar-refractivity contribution in [3.8, 4) is 0 Å². The molecular weight excluding hydrogens is 352 g/mol. The lowest BCUT2D eigenvalue weighted by molar-refractivity contribution is 0.0944. The number of nitrogens with one attached hydrogen (secondary N) is 2. The summed E-state index contributed by atoms with van der Waals surface area (Å²) in [7, 11) is 0. The van der Waals surface area contributed by atoms with Crippen molar-refractivity contribution < 1.29 is 4.79 Å². The van der Waals surface area contributed by atoms with Crippen molar-refractivity contribution >= 4 is 11.7 Å². The molecule has 1 unspecified atom stereocenters. The Bertz CT molecular complexity index is 772. The predicted molar refractivity (Wildman–Crippen MR) is 109 cm³/mol. The molecule has 7 nitrogen and oxygen atoms in total. The fourth-order valence-electron chi connectivity index (χ4n) is 3.94. The molecule has 0 aliphatic carbocycles. The number of amides is 1. The van der Waals surface area contributed by atoms with Gasteiger partial charge in [0.1, 0.15) is 11.5 Å². The lowest BCUT2D eigenvalue weighted by Crippen LogP contribution is -2.33. The first-order chi connectivity index (χ1) is 13.7. The summed E-state index contributed by atoms with van der Waals surface area (Å²) in [6.45, 7) is 6.89. The number of carbonyl (C=O) groups excluding carboxylic acids is 1. The van der Waals surface area contributed by atoms with E-state index in [1.165, 1.54) is 12.8 Å². The third-order valence-electron chi connectivity index (χ3n) is 5.86. The average molecular weight is 383 g/mol. The largest absolute Gasteiger partial charge is 0.357 e. The summed E-state index contributed by atoms with van der Waals surface area (Å²) in [5, 5.41) is 10.8. The van der Waals surface area contributed by atoms with Gasteiger partial charge in [-0.1, -0.05) is 13.0 Å². The number of anilines is 1. The molecular formula is C21H30N6O. The Kier molecular flexibility index (Phi) is 5.90. The molecule has 2 fully saturated rings. The van der Waals surface area contributed by atoms with Gasteiger partial charge in [0.05, 0.1) is 6.04 Å². The Labute approximate surface area is 166 Å². The van der Waals surface area contributed by atoms with Crippen LogP contribution in [0.3, 0.4) is 0 Å². The highest BCUT2D eigenvalue weighted by molar-refractivity contribution is 5.92. The van der Waals surface area contributed by atoms with Crippen LogP contribution in [-0.4, -0.2) is 46.9 Å². The van der Waals surface area contributed by atoms with Crippen LogP contribution in [0.5, 0.6) is 0 Å². The van der Waals surface area contributed by atoms with Gasteiger partial charge in [-0.3, -0.25) is 9.48 Å². The summed E-state index contributed by atoms with van der Waals surface area (Å²) in [4.78, 5) is 19.4. The van der Waals surface area contributed by atoms with Gasteiger partial charge in [-0.25, -0.2) is 4.98 Å². The number of nitrogens with zero attached hydrogens (tertiary/aromatic N) is 4. The van der Waals surface area contributed by atoms with Crippen molar-refractivity contribution in [2.45, 2.75) is 45.2 Å². The molecule has 7 heteroatoms. The third-order valence-corrected chi connectivity index (χ3v) is 5.86. The van der Waals surface area contributed by atoms with Gasteiger partial charge in [0.15, 0.2) is 0 Å². The van der Waals surface area contributed by atoms with Crippen LogP contribution in [0.2, 0.25) is 0 Å². The second kappa shape index (κ2) is 8.73. The monoisotopic (exact) mass is 382 g/mol. The first-order valence-electron chi connectivity index (χ1n) is 10.4. The topological polar surface area (TPSA) is 75.1 Å². The zero-order valence-electron chi connectivity index (χ0n) is 16.6. The number of pyridine rings is 1. The summed E-state index contributed by atoms with van der Waals surface area (Å²) in [6, 6.07) is 6.24. The number of rotatable bonds is 5. The van der Waals surface area contributed by atoms with E-state index in [9.17, 15) is 4.79 Å². The van der Waals surface area contributed by atoms with Gasteiger partial charge in [-0.2, -0.15) is 5.10 Å². The predicted octanol–water partition coefficient (Wildman–Crippen LogP) is 2.37. The van der Waals surface area contributed by atoms with Crippen molar-refractivity contribution in [2.75, 3.05) is 31.1 Å². The van der Waals surface area contributed by atoms with Crippen LogP contribution in [-0.2, 0) is 6.54 Å². The van der Waals surface area contributed by atoms with Crippen molar-refractivity contribution in [3.05, 3.63) is 41.9 Å². The molecule has 0 radical (unpaired) electrons. The van der Waals surface area contributed by atoms with E-state index in [2.05, 4.69) is 38.6 Å². The minimum Gasteiger partial charge on any atom is -0.357 e. The van der Waals surface area contributed by atoms with E-state index in [4.69, 9.17) is 0 Å². The molecule has 2 aromatic rings. The molecule has 2 N–H and O–H groups in total. The second-order valence-electron chi connectivity index (χ2n) is 8.06. The Morgan fingerprint density at radius 2 is 2.11 bits per heavy atom. The first kappa shape index (κ1) is 18.9. The second-order valence-corrected chi connectivity index (χ2v) is 8.06. The van der Waals surface area contributed by atoms with E-state index in [1.54, 1.807) is 6.07 Å². The quantitative estimate of drug-likeness (QED) is 0.830. The van der Waals surface area contributed by atoms with Gasteiger partial charge in [0, 0.05) is 38.6 Å². The van der Waals surface area contributed by atoms with E-state index in [-0.39, 0.29) is 5.91 Å². The first-order valence-corrected chi connectivity index (χ1v) is 10.4. The minimum atomic E-state index is -0.142. The van der Waals surface area contributed by atoms with Gasteiger partial charge in [-0.15, -0.1) is 0 Å². The Morgan fingerprint density at radius 1 is 1.25 bits per heavy atom. The maximum absolute atomic E-state index is 12.4. The van der Waals surface area contributed by atoms with Gasteiger partial charge in [-0.05, 0) is 55.8 Å². The van der Waals surface area contributed by atoms with E-state index in [0.29, 0.717) is 18.3 Å². The average Bonchev–Trinajstić information content (AvgIpc) is 3.24. The van der Waals surface area contributed by atoms with Gasteiger partial charge in [0.2, 0.25) is 0 Å². The highest BCUT2D eigenvalue weighted by Gasteiger charge is 2.18. The molecule has 0 aromatic carbocycles. The maximum atomic E-state index is 12.4. The molecule has 0 bridgehead atoms. The zero-order valence-corrected chi connectivity index (χ0v) is 16.6. The molecule has 2 saturated heterocycles. The maximum Gasteiger partial charge on any atom is 0.272 e. The molecule has 1 amide bonds. The van der Waals surface area contributed by atoms with Crippen LogP contribution in [0.15, 0.2) is 30.6 Å². The number of hydrogen-bond donors (Lipinski definition) is 2. The van der Waals surface area contributed by atoms with Crippen LogP contribution in [0, 0.1) is 5.92 Å². The standard InChI is InChI=1S/C21H30N6O/c1-16-6-10-26(11-7-16)20-5-4-17(13-23-20)14-24-21(28)19-8-12-27(25-19)18-3-2-9-22-15-18/h4-5,8,12-13,16,18,22H,2-3,6-7,9-11,14-15H2,1H3,(H,24,28). The Balaban J connectivity index is 1.29. The van der Waals surface area contributed by atoms with E-state index >= 15 is 0 Å². The normalized spacial score (nSPS) is 20.9. The van der Waals surface area contributed by atoms with Crippen LogP contribution in [0.1, 0.15) is 54.7 Å². The van der Waals surface area contributed by atoms with Crippen molar-refractivity contribution in [1.29, 1.82) is 0 Å². The summed E-state index contributed by atoms with van der Waals surface area (Å²) < 4.78 is 1.91. The molecule has 0 spiro atoms. The fourth-order valence-corrected chi connectivity index (χ4v) is 3.94. The fraction of sp³-hybridized carbons (Fsp3) is 0.571. The van der Waals surface area contributed by atoms with E-state index < -0.39 is 0 Å². The van der Waals surface area contributed by atoms with Crippen molar-refractivity contribution in [1.82, 2.24) is 25.4 Å². The van der Waals surface area contributed by atoms with Crippen LogP contribution in [0.25, 0.3) is 0 Å². The highest BCUT2D eigenvalue weighted by atomic mass is 16.1. The molecule has 2 aliphatic rings. The molecule has 150 valence electrons. The van der Waals surface area contributed by atoms with Crippen LogP contribution < -0.4 is 15.5 Å². The molecule has 1 atom stereocenters. The zero-order chi connectivity index (χ0) is 19.3. The third kappa shape index (κ3) is 4.52. The number of carbonyl (C=O) groups is 1. The summed E-state index contributed by atoms with van der Waals surface area (Å²) in [5.74, 6) is 1.70. The highest BCUT2D eigenvalue weighted by Crippen LogP contribution is 2.21. The SMILES string of the molecule is CC1CCN(c2ccc(CNC(=O)c3ccn(C4CCCNC4)n3)cn2)CC1. The minimum absolute atomic E-state index is 0.142. The molecule has 2 aromatic heterocycles. The Hall–Kier alpha value is -2.41. The summed E-state index contributed by atoms with van der Waals surface area (Å²) in [6.07, 6.45) is 8.46. The van der Waals surface area contributed by atoms with E-state index in [0.717, 1.165) is 56.3 Å². The van der Waals surface area contributed by atoms with Gasteiger partial charge < -0.3 is 15.5 Å². The lowest BCUT2D eigenvalue weighted by atomic mass is 9.99. The number of hydrogen-bond acceptors (Lipinski definition) is 5. The van der Waals surface area contributed by atoms with Crippen LogP contribution >= 0.6 is 0 Å². The number of piperidine rings is 2. The van der Waals surface area contributed by atoms with Crippen molar-refractivity contribution in [2.24, 2.45) is 5.92 Å². The van der Waals surface area contributed by atoms with E-state index in [1.807, 2.05) is 23.1 Å². The molecule has 2 aliphatic heterocycles. The smallest absolute Gasteiger partial charge is 0.272 e. The molecule has 4 rings (SSSR count). The summed E-state index contributed by atoms with van der Waals surface area (Å²) in [5.41, 5.74) is 1.47. The molecule has 0 saturated carbocycles. The molecule has 28 heavy (non-hydrogen) atoms.